The molecule has 0 radical (unpaired) electrons. The molecule has 1 unspecified atom stereocenters. The Hall–Kier alpha value is -3.77. The van der Waals surface area contributed by atoms with Crippen molar-refractivity contribution in [1.82, 2.24) is 14.8 Å². The maximum absolute atomic E-state index is 13.6. The van der Waals surface area contributed by atoms with E-state index in [1.54, 1.807) is 0 Å². The zero-order chi connectivity index (χ0) is 25.2. The molecular weight excluding hydrogens is 462 g/mol. The van der Waals surface area contributed by atoms with Gasteiger partial charge in [-0.25, -0.2) is 0 Å². The molecule has 2 aliphatic rings. The summed E-state index contributed by atoms with van der Waals surface area (Å²) in [6.07, 6.45) is 3.55. The van der Waals surface area contributed by atoms with Crippen molar-refractivity contribution in [3.8, 4) is 11.5 Å². The summed E-state index contributed by atoms with van der Waals surface area (Å²) in [5, 5.41) is 1.22. The van der Waals surface area contributed by atoms with Crippen LogP contribution in [0.2, 0.25) is 0 Å². The van der Waals surface area contributed by atoms with Crippen molar-refractivity contribution in [2.24, 2.45) is 0 Å². The molecule has 6 nitrogen and oxygen atoms in total. The lowest BCUT2D eigenvalue weighted by Gasteiger charge is -2.35. The second kappa shape index (κ2) is 10.3. The number of H-pyrrole nitrogens is 1. The van der Waals surface area contributed by atoms with Gasteiger partial charge in [-0.1, -0.05) is 61.5 Å². The average molecular weight is 496 g/mol. The van der Waals surface area contributed by atoms with Gasteiger partial charge in [-0.2, -0.15) is 0 Å². The molecule has 1 amide bonds. The molecule has 0 saturated carbocycles. The number of para-hydroxylation sites is 1. The number of amides is 1. The first-order valence-electron chi connectivity index (χ1n) is 13.2. The topological polar surface area (TPSA) is 57.8 Å². The second-order valence-corrected chi connectivity index (χ2v) is 9.95. The molecule has 190 valence electrons. The first kappa shape index (κ1) is 23.6. The van der Waals surface area contributed by atoms with E-state index in [-0.39, 0.29) is 11.8 Å². The number of benzene rings is 3. The first-order chi connectivity index (χ1) is 18.2. The van der Waals surface area contributed by atoms with Crippen LogP contribution in [0.5, 0.6) is 11.5 Å². The highest BCUT2D eigenvalue weighted by Gasteiger charge is 2.27. The van der Waals surface area contributed by atoms with Gasteiger partial charge in [-0.15, -0.1) is 0 Å². The molecule has 2 aliphatic heterocycles. The quantitative estimate of drug-likeness (QED) is 0.377. The zero-order valence-electron chi connectivity index (χ0n) is 21.3. The van der Waals surface area contributed by atoms with E-state index in [4.69, 9.17) is 9.47 Å². The molecule has 6 heteroatoms. The smallest absolute Gasteiger partial charge is 0.231 e. The number of carbonyl (C=O) groups excluding carboxylic acids is 1. The number of fused-ring (bicyclic) bond motifs is 2. The zero-order valence-corrected chi connectivity index (χ0v) is 21.3. The fourth-order valence-corrected chi connectivity index (χ4v) is 5.67. The lowest BCUT2D eigenvalue weighted by atomic mass is 9.87. The van der Waals surface area contributed by atoms with Crippen LogP contribution in [0.1, 0.15) is 41.5 Å². The third-order valence-electron chi connectivity index (χ3n) is 7.74. The predicted molar refractivity (Wildman–Crippen MR) is 145 cm³/mol. The monoisotopic (exact) mass is 495 g/mol. The Morgan fingerprint density at radius 2 is 1.76 bits per heavy atom. The largest absolute Gasteiger partial charge is 0.454 e. The van der Waals surface area contributed by atoms with Crippen molar-refractivity contribution in [3.63, 3.8) is 0 Å². The van der Waals surface area contributed by atoms with Crippen LogP contribution in [0.3, 0.4) is 0 Å². The van der Waals surface area contributed by atoms with Gasteiger partial charge in [0.25, 0.3) is 0 Å². The van der Waals surface area contributed by atoms with E-state index in [0.717, 1.165) is 50.6 Å². The Labute approximate surface area is 217 Å². The van der Waals surface area contributed by atoms with E-state index in [1.807, 2.05) is 17.0 Å². The minimum absolute atomic E-state index is 0.0150. The third kappa shape index (κ3) is 4.81. The van der Waals surface area contributed by atoms with Crippen molar-refractivity contribution in [2.45, 2.75) is 32.2 Å². The lowest BCUT2D eigenvalue weighted by molar-refractivity contribution is -0.133. The summed E-state index contributed by atoms with van der Waals surface area (Å²) in [4.78, 5) is 21.5. The number of hydrogen-bond acceptors (Lipinski definition) is 4. The molecule has 1 fully saturated rings. The van der Waals surface area contributed by atoms with E-state index < -0.39 is 0 Å². The Morgan fingerprint density at radius 1 is 0.946 bits per heavy atom. The van der Waals surface area contributed by atoms with Gasteiger partial charge in [0.2, 0.25) is 12.7 Å². The molecule has 6 rings (SSSR count). The molecule has 1 saturated heterocycles. The van der Waals surface area contributed by atoms with Gasteiger partial charge in [-0.05, 0) is 40.8 Å². The summed E-state index contributed by atoms with van der Waals surface area (Å²) in [6, 6.07) is 23.1. The lowest BCUT2D eigenvalue weighted by Crippen LogP contribution is -2.48. The van der Waals surface area contributed by atoms with E-state index in [1.165, 1.54) is 33.2 Å². The number of nitrogens with zero attached hydrogens (tertiary/aromatic N) is 2. The molecule has 37 heavy (non-hydrogen) atoms. The fraction of sp³-hybridized carbons (Fsp3) is 0.323. The van der Waals surface area contributed by atoms with Gasteiger partial charge in [0.05, 0.1) is 0 Å². The van der Waals surface area contributed by atoms with Gasteiger partial charge in [0.15, 0.2) is 11.5 Å². The van der Waals surface area contributed by atoms with Crippen molar-refractivity contribution < 1.29 is 14.3 Å². The molecule has 1 aromatic heterocycles. The summed E-state index contributed by atoms with van der Waals surface area (Å²) in [5.41, 5.74) is 6.08. The summed E-state index contributed by atoms with van der Waals surface area (Å²) in [5.74, 6) is 1.87. The second-order valence-electron chi connectivity index (χ2n) is 9.95. The van der Waals surface area contributed by atoms with Crippen LogP contribution >= 0.6 is 0 Å². The summed E-state index contributed by atoms with van der Waals surface area (Å²) in [6.45, 7) is 6.55. The number of aromatic nitrogens is 1. The normalized spacial score (nSPS) is 16.3. The highest BCUT2D eigenvalue weighted by Crippen LogP contribution is 2.35. The predicted octanol–water partition coefficient (Wildman–Crippen LogP) is 5.33. The van der Waals surface area contributed by atoms with Crippen molar-refractivity contribution in [3.05, 3.63) is 95.2 Å². The highest BCUT2D eigenvalue weighted by atomic mass is 16.7. The standard InChI is InChI=1S/C31H33N3O3/c1-2-23-9-6-10-25-27(19-32-31(23)25)26(24-7-4-3-5-8-24)18-30(35)34-15-13-33(14-16-34)20-22-11-12-28-29(17-22)37-21-36-28/h3-12,17,19,26,32H,2,13-16,18,20-21H2,1H3. The van der Waals surface area contributed by atoms with E-state index in [9.17, 15) is 4.79 Å². The molecular formula is C31H33N3O3. The Balaban J connectivity index is 1.15. The van der Waals surface area contributed by atoms with Crippen LogP contribution in [-0.2, 0) is 17.8 Å². The number of rotatable bonds is 7. The van der Waals surface area contributed by atoms with E-state index in [2.05, 4.69) is 77.6 Å². The molecule has 1 N–H and O–H groups in total. The molecule has 3 heterocycles. The molecule has 0 spiro atoms. The van der Waals surface area contributed by atoms with Gasteiger partial charge >= 0.3 is 0 Å². The highest BCUT2D eigenvalue weighted by molar-refractivity contribution is 5.88. The Kier molecular flexibility index (Phi) is 6.58. The van der Waals surface area contributed by atoms with Crippen molar-refractivity contribution >= 4 is 16.8 Å². The first-order valence-corrected chi connectivity index (χ1v) is 13.2. The van der Waals surface area contributed by atoms with Crippen molar-refractivity contribution in [1.29, 1.82) is 0 Å². The Bertz CT molecular complexity index is 1390. The van der Waals surface area contributed by atoms with Gasteiger partial charge < -0.3 is 19.4 Å². The van der Waals surface area contributed by atoms with Crippen LogP contribution in [-0.4, -0.2) is 53.7 Å². The Morgan fingerprint density at radius 3 is 2.57 bits per heavy atom. The maximum atomic E-state index is 13.6. The number of piperazine rings is 1. The number of ether oxygens (including phenoxy) is 2. The van der Waals surface area contributed by atoms with Crippen LogP contribution in [0, 0.1) is 0 Å². The van der Waals surface area contributed by atoms with E-state index >= 15 is 0 Å². The van der Waals surface area contributed by atoms with Crippen molar-refractivity contribution in [2.75, 3.05) is 33.0 Å². The summed E-state index contributed by atoms with van der Waals surface area (Å²) >= 11 is 0. The summed E-state index contributed by atoms with van der Waals surface area (Å²) < 4.78 is 11.0. The molecule has 0 bridgehead atoms. The van der Waals surface area contributed by atoms with Crippen LogP contribution in [0.25, 0.3) is 10.9 Å². The average Bonchev–Trinajstić information content (AvgIpc) is 3.59. The van der Waals surface area contributed by atoms with Gasteiger partial charge in [0.1, 0.15) is 0 Å². The number of carbonyl (C=O) groups is 1. The SMILES string of the molecule is CCc1cccc2c(C(CC(=O)N3CCN(Cc4ccc5c(c4)OCO5)CC3)c3ccccc3)c[nH]c12. The molecule has 1 atom stereocenters. The van der Waals surface area contributed by atoms with Gasteiger partial charge in [-0.3, -0.25) is 9.69 Å². The maximum Gasteiger partial charge on any atom is 0.231 e. The summed E-state index contributed by atoms with van der Waals surface area (Å²) in [7, 11) is 0. The van der Waals surface area contributed by atoms with E-state index in [0.29, 0.717) is 13.2 Å². The number of aryl methyl sites for hydroxylation is 1. The van der Waals surface area contributed by atoms with Crippen LogP contribution in [0.4, 0.5) is 0 Å². The molecule has 0 aliphatic carbocycles. The molecule has 3 aromatic carbocycles. The van der Waals surface area contributed by atoms with Gasteiger partial charge in [0, 0.05) is 62.2 Å². The number of nitrogens with one attached hydrogen (secondary N) is 1. The third-order valence-corrected chi connectivity index (χ3v) is 7.74. The number of aromatic amines is 1. The van der Waals surface area contributed by atoms with Crippen LogP contribution in [0.15, 0.2) is 72.9 Å². The molecule has 4 aromatic rings. The van der Waals surface area contributed by atoms with Crippen LogP contribution < -0.4 is 9.47 Å². The fourth-order valence-electron chi connectivity index (χ4n) is 5.67. The minimum Gasteiger partial charge on any atom is -0.454 e. The number of hydrogen-bond donors (Lipinski definition) is 1. The minimum atomic E-state index is 0.0150.